The van der Waals surface area contributed by atoms with E-state index in [0.717, 1.165) is 0 Å². The molecule has 72 valence electrons. The lowest BCUT2D eigenvalue weighted by molar-refractivity contribution is -0.235. The number of aromatic amines is 2. The summed E-state index contributed by atoms with van der Waals surface area (Å²) >= 11 is 0. The van der Waals surface area contributed by atoms with E-state index in [9.17, 15) is 9.59 Å². The maximum atomic E-state index is 10.6. The van der Waals surface area contributed by atoms with Crippen LogP contribution in [-0.2, 0) is 16.1 Å². The Bertz CT molecular complexity index is 342. The Morgan fingerprint density at radius 1 is 1.77 bits per heavy atom. The second-order valence-electron chi connectivity index (χ2n) is 2.49. The van der Waals surface area contributed by atoms with Crippen LogP contribution in [0.2, 0.25) is 0 Å². The molecular formula is C6H9N3O4. The molecule has 13 heavy (non-hydrogen) atoms. The highest BCUT2D eigenvalue weighted by atomic mass is 17.1. The third-order valence-corrected chi connectivity index (χ3v) is 1.48. The van der Waals surface area contributed by atoms with Crippen molar-refractivity contribution in [2.75, 3.05) is 0 Å². The highest BCUT2D eigenvalue weighted by Gasteiger charge is 2.16. The van der Waals surface area contributed by atoms with Crippen molar-refractivity contribution in [1.82, 2.24) is 9.97 Å². The van der Waals surface area contributed by atoms with Crippen LogP contribution in [0.5, 0.6) is 0 Å². The zero-order valence-corrected chi connectivity index (χ0v) is 6.61. The van der Waals surface area contributed by atoms with E-state index < -0.39 is 12.0 Å². The van der Waals surface area contributed by atoms with Crippen LogP contribution in [-0.4, -0.2) is 27.2 Å². The van der Waals surface area contributed by atoms with Crippen LogP contribution in [0.1, 0.15) is 5.69 Å². The lowest BCUT2D eigenvalue weighted by Crippen LogP contribution is -2.33. The van der Waals surface area contributed by atoms with Crippen LogP contribution in [0.15, 0.2) is 11.0 Å². The average molecular weight is 187 g/mol. The smallest absolute Gasteiger partial charge is 0.318 e. The van der Waals surface area contributed by atoms with Crippen molar-refractivity contribution in [3.8, 4) is 0 Å². The van der Waals surface area contributed by atoms with E-state index in [0.29, 0.717) is 5.69 Å². The molecule has 1 aromatic rings. The average Bonchev–Trinajstić information content (AvgIpc) is 2.49. The second-order valence-corrected chi connectivity index (χ2v) is 2.49. The molecule has 0 bridgehead atoms. The van der Waals surface area contributed by atoms with Crippen LogP contribution in [0.4, 0.5) is 0 Å². The van der Waals surface area contributed by atoms with Gasteiger partial charge in [-0.3, -0.25) is 4.89 Å². The number of aromatic nitrogens is 2. The van der Waals surface area contributed by atoms with Crippen LogP contribution in [0.3, 0.4) is 0 Å². The van der Waals surface area contributed by atoms with Gasteiger partial charge in [-0.25, -0.2) is 9.59 Å². The first-order valence-corrected chi connectivity index (χ1v) is 3.51. The van der Waals surface area contributed by atoms with Gasteiger partial charge in [-0.1, -0.05) is 0 Å². The third-order valence-electron chi connectivity index (χ3n) is 1.48. The molecule has 0 aliphatic heterocycles. The van der Waals surface area contributed by atoms with Crippen molar-refractivity contribution in [3.05, 3.63) is 22.4 Å². The molecule has 1 rings (SSSR count). The van der Waals surface area contributed by atoms with Crippen molar-refractivity contribution in [2.24, 2.45) is 5.73 Å². The molecule has 0 aromatic carbocycles. The molecule has 0 fully saturated rings. The molecule has 5 N–H and O–H groups in total. The lowest BCUT2D eigenvalue weighted by Gasteiger charge is -2.04. The standard InChI is InChI=1S/C6H9N3O4/c7-4(5(10)13-12)1-3-2-8-6(11)9-3/h2,4,12H,1,7H2,(H2,8,9,11). The first-order chi connectivity index (χ1) is 6.13. The molecule has 0 amide bonds. The van der Waals surface area contributed by atoms with Crippen molar-refractivity contribution in [1.29, 1.82) is 0 Å². The van der Waals surface area contributed by atoms with Gasteiger partial charge < -0.3 is 15.7 Å². The third kappa shape index (κ3) is 2.42. The minimum Gasteiger partial charge on any atom is -0.318 e. The number of imidazole rings is 1. The predicted octanol–water partition coefficient (Wildman–Crippen LogP) is -1.41. The number of rotatable bonds is 3. The molecular weight excluding hydrogens is 178 g/mol. The normalized spacial score (nSPS) is 12.5. The van der Waals surface area contributed by atoms with Gasteiger partial charge in [0.1, 0.15) is 6.04 Å². The van der Waals surface area contributed by atoms with E-state index in [2.05, 4.69) is 14.9 Å². The van der Waals surface area contributed by atoms with Crippen molar-refractivity contribution in [3.63, 3.8) is 0 Å². The van der Waals surface area contributed by atoms with E-state index in [1.54, 1.807) is 0 Å². The fourth-order valence-corrected chi connectivity index (χ4v) is 0.869. The molecule has 0 spiro atoms. The van der Waals surface area contributed by atoms with Gasteiger partial charge in [-0.2, -0.15) is 5.26 Å². The SMILES string of the molecule is NC(Cc1c[nH]c(=O)[nH]1)C(=O)OO. The summed E-state index contributed by atoms with van der Waals surface area (Å²) in [6.45, 7) is 0. The van der Waals surface area contributed by atoms with Crippen LogP contribution < -0.4 is 11.4 Å². The molecule has 0 radical (unpaired) electrons. The van der Waals surface area contributed by atoms with Gasteiger partial charge in [0.25, 0.3) is 0 Å². The summed E-state index contributed by atoms with van der Waals surface area (Å²) < 4.78 is 0. The number of hydrogen-bond acceptors (Lipinski definition) is 5. The zero-order chi connectivity index (χ0) is 9.84. The Morgan fingerprint density at radius 3 is 2.92 bits per heavy atom. The Labute approximate surface area is 72.5 Å². The predicted molar refractivity (Wildman–Crippen MR) is 41.8 cm³/mol. The summed E-state index contributed by atoms with van der Waals surface area (Å²) in [5, 5.41) is 7.98. The van der Waals surface area contributed by atoms with Crippen molar-refractivity contribution >= 4 is 5.97 Å². The van der Waals surface area contributed by atoms with E-state index in [4.69, 9.17) is 11.0 Å². The van der Waals surface area contributed by atoms with Gasteiger partial charge in [-0.05, 0) is 0 Å². The van der Waals surface area contributed by atoms with E-state index >= 15 is 0 Å². The number of nitrogens with two attached hydrogens (primary N) is 1. The molecule has 0 aliphatic rings. The summed E-state index contributed by atoms with van der Waals surface area (Å²) in [5.74, 6) is -0.943. The van der Waals surface area contributed by atoms with Gasteiger partial charge >= 0.3 is 11.7 Å². The number of carbonyl (C=O) groups is 1. The van der Waals surface area contributed by atoms with Crippen molar-refractivity contribution < 1.29 is 14.9 Å². The highest BCUT2D eigenvalue weighted by Crippen LogP contribution is 1.95. The van der Waals surface area contributed by atoms with Gasteiger partial charge in [0.05, 0.1) is 0 Å². The van der Waals surface area contributed by atoms with Gasteiger partial charge in [0.15, 0.2) is 0 Å². The quantitative estimate of drug-likeness (QED) is 0.342. The monoisotopic (exact) mass is 187 g/mol. The van der Waals surface area contributed by atoms with E-state index in [-0.39, 0.29) is 12.1 Å². The maximum absolute atomic E-state index is 10.6. The van der Waals surface area contributed by atoms with Crippen LogP contribution in [0.25, 0.3) is 0 Å². The maximum Gasteiger partial charge on any atom is 0.358 e. The molecule has 7 heteroatoms. The minimum atomic E-state index is -0.989. The minimum absolute atomic E-state index is 0.0954. The highest BCUT2D eigenvalue weighted by molar-refractivity contribution is 5.75. The molecule has 1 unspecified atom stereocenters. The summed E-state index contributed by atoms with van der Waals surface area (Å²) in [4.78, 5) is 29.4. The summed E-state index contributed by atoms with van der Waals surface area (Å²) in [6.07, 6.45) is 1.49. The largest absolute Gasteiger partial charge is 0.358 e. The topological polar surface area (TPSA) is 121 Å². The molecule has 1 atom stereocenters. The Morgan fingerprint density at radius 2 is 2.46 bits per heavy atom. The fourth-order valence-electron chi connectivity index (χ4n) is 0.869. The van der Waals surface area contributed by atoms with Gasteiger partial charge in [0.2, 0.25) is 0 Å². The number of H-pyrrole nitrogens is 2. The molecule has 0 saturated carbocycles. The van der Waals surface area contributed by atoms with Crippen molar-refractivity contribution in [2.45, 2.75) is 12.5 Å². The summed E-state index contributed by atoms with van der Waals surface area (Å²) in [6, 6.07) is -0.989. The molecule has 0 aliphatic carbocycles. The second kappa shape index (κ2) is 3.87. The molecule has 7 nitrogen and oxygen atoms in total. The Balaban J connectivity index is 2.59. The van der Waals surface area contributed by atoms with Crippen LogP contribution >= 0.6 is 0 Å². The zero-order valence-electron chi connectivity index (χ0n) is 6.61. The first kappa shape index (κ1) is 9.49. The van der Waals surface area contributed by atoms with E-state index in [1.807, 2.05) is 0 Å². The van der Waals surface area contributed by atoms with Gasteiger partial charge in [0, 0.05) is 18.3 Å². The first-order valence-electron chi connectivity index (χ1n) is 3.51. The van der Waals surface area contributed by atoms with E-state index in [1.165, 1.54) is 6.20 Å². The van der Waals surface area contributed by atoms with Gasteiger partial charge in [-0.15, -0.1) is 0 Å². The Hall–Kier alpha value is -1.60. The number of hydrogen-bond donors (Lipinski definition) is 4. The lowest BCUT2D eigenvalue weighted by atomic mass is 10.2. The summed E-state index contributed by atoms with van der Waals surface area (Å²) in [7, 11) is 0. The Kier molecular flexibility index (Phi) is 2.83. The summed E-state index contributed by atoms with van der Waals surface area (Å²) in [5.41, 5.74) is 5.40. The molecule has 0 saturated heterocycles. The molecule has 1 aromatic heterocycles. The molecule has 1 heterocycles. The fraction of sp³-hybridized carbons (Fsp3) is 0.333. The number of nitrogens with one attached hydrogen (secondary N) is 2. The number of carbonyl (C=O) groups excluding carboxylic acids is 1. The van der Waals surface area contributed by atoms with Crippen LogP contribution in [0, 0.1) is 0 Å².